The summed E-state index contributed by atoms with van der Waals surface area (Å²) in [6.07, 6.45) is 3.20. The van der Waals surface area contributed by atoms with Gasteiger partial charge in [0.25, 0.3) is 0 Å². The fourth-order valence-electron chi connectivity index (χ4n) is 4.26. The maximum Gasteiger partial charge on any atom is 0.167 e. The van der Waals surface area contributed by atoms with Gasteiger partial charge >= 0.3 is 0 Å². The van der Waals surface area contributed by atoms with Gasteiger partial charge in [-0.25, -0.2) is 15.0 Å². The lowest BCUT2D eigenvalue weighted by atomic mass is 9.80. The molecule has 2 bridgehead atoms. The normalized spacial score (nSPS) is 31.1. The van der Waals surface area contributed by atoms with Crippen LogP contribution >= 0.6 is 0 Å². The van der Waals surface area contributed by atoms with E-state index in [2.05, 4.69) is 56.5 Å². The zero-order valence-corrected chi connectivity index (χ0v) is 16.9. The third-order valence-electron chi connectivity index (χ3n) is 4.94. The second-order valence-corrected chi connectivity index (χ2v) is 9.82. The van der Waals surface area contributed by atoms with E-state index in [1.165, 1.54) is 6.33 Å². The van der Waals surface area contributed by atoms with Gasteiger partial charge < -0.3 is 19.9 Å². The SMILES string of the molecule is CC(C)(C)C[C@@]12CO[C@@H]([C@H](n3cnc4c(N)ncnc43)O1)[C@@H]2OC(C)(C)C. The molecule has 2 N–H and O–H groups in total. The van der Waals surface area contributed by atoms with Crippen LogP contribution in [0.4, 0.5) is 5.82 Å². The molecule has 8 nitrogen and oxygen atoms in total. The summed E-state index contributed by atoms with van der Waals surface area (Å²) in [5.74, 6) is 0.356. The highest BCUT2D eigenvalue weighted by Gasteiger charge is 2.64. The van der Waals surface area contributed by atoms with E-state index in [0.29, 0.717) is 23.6 Å². The summed E-state index contributed by atoms with van der Waals surface area (Å²) in [4.78, 5) is 12.8. The molecule has 0 aliphatic carbocycles. The summed E-state index contributed by atoms with van der Waals surface area (Å²) in [5, 5.41) is 0. The van der Waals surface area contributed by atoms with Crippen molar-refractivity contribution in [2.24, 2.45) is 5.41 Å². The molecule has 0 aromatic carbocycles. The molecule has 148 valence electrons. The van der Waals surface area contributed by atoms with Crippen molar-refractivity contribution in [2.45, 2.75) is 77.6 Å². The molecule has 0 saturated carbocycles. The third-order valence-corrected chi connectivity index (χ3v) is 4.94. The highest BCUT2D eigenvalue weighted by atomic mass is 16.7. The Morgan fingerprint density at radius 2 is 1.96 bits per heavy atom. The lowest BCUT2D eigenvalue weighted by Crippen LogP contribution is -2.47. The maximum atomic E-state index is 6.65. The number of nitrogens with two attached hydrogens (primary N) is 1. The zero-order chi connectivity index (χ0) is 19.6. The van der Waals surface area contributed by atoms with Crippen LogP contribution in [0, 0.1) is 5.41 Å². The summed E-state index contributed by atoms with van der Waals surface area (Å²) in [6.45, 7) is 13.3. The Hall–Kier alpha value is -1.77. The lowest BCUT2D eigenvalue weighted by Gasteiger charge is -2.38. The Kier molecular flexibility index (Phi) is 4.04. The fourth-order valence-corrected chi connectivity index (χ4v) is 4.26. The Balaban J connectivity index is 1.75. The van der Waals surface area contributed by atoms with Crippen LogP contribution in [0.25, 0.3) is 11.2 Å². The molecule has 0 unspecified atom stereocenters. The van der Waals surface area contributed by atoms with Crippen LogP contribution in [0.3, 0.4) is 0 Å². The predicted octanol–water partition coefficient (Wildman–Crippen LogP) is 2.69. The van der Waals surface area contributed by atoms with Crippen LogP contribution in [0.15, 0.2) is 12.7 Å². The highest BCUT2D eigenvalue weighted by molar-refractivity contribution is 5.81. The first-order valence-corrected chi connectivity index (χ1v) is 9.39. The van der Waals surface area contributed by atoms with Crippen molar-refractivity contribution in [2.75, 3.05) is 12.3 Å². The van der Waals surface area contributed by atoms with Gasteiger partial charge in [0, 0.05) is 0 Å². The molecule has 2 aromatic heterocycles. The Morgan fingerprint density at radius 3 is 2.63 bits per heavy atom. The minimum atomic E-state index is -0.504. The molecular formula is C19H29N5O3. The Bertz CT molecular complexity index is 853. The molecule has 2 fully saturated rings. The molecule has 4 atom stereocenters. The average molecular weight is 375 g/mol. The maximum absolute atomic E-state index is 6.65. The number of nitrogens with zero attached hydrogens (tertiary/aromatic N) is 4. The number of hydrogen-bond donors (Lipinski definition) is 1. The second-order valence-electron chi connectivity index (χ2n) is 9.82. The van der Waals surface area contributed by atoms with E-state index >= 15 is 0 Å². The van der Waals surface area contributed by atoms with E-state index in [1.807, 2.05) is 4.57 Å². The molecule has 0 spiro atoms. The largest absolute Gasteiger partial charge is 0.382 e. The van der Waals surface area contributed by atoms with Gasteiger partial charge in [0.15, 0.2) is 17.7 Å². The second kappa shape index (κ2) is 5.86. The van der Waals surface area contributed by atoms with Crippen molar-refractivity contribution in [3.05, 3.63) is 12.7 Å². The first kappa shape index (κ1) is 18.6. The first-order chi connectivity index (χ1) is 12.5. The van der Waals surface area contributed by atoms with Crippen LogP contribution in [0.1, 0.15) is 54.2 Å². The summed E-state index contributed by atoms with van der Waals surface area (Å²) in [5.41, 5.74) is 6.41. The summed E-state index contributed by atoms with van der Waals surface area (Å²) in [6, 6.07) is 0. The smallest absolute Gasteiger partial charge is 0.167 e. The number of imidazole rings is 1. The first-order valence-electron chi connectivity index (χ1n) is 9.39. The van der Waals surface area contributed by atoms with E-state index in [0.717, 1.165) is 6.42 Å². The average Bonchev–Trinajstić information content (AvgIpc) is 3.15. The van der Waals surface area contributed by atoms with Crippen LogP contribution in [-0.2, 0) is 14.2 Å². The van der Waals surface area contributed by atoms with Crippen molar-refractivity contribution in [3.8, 4) is 0 Å². The van der Waals surface area contributed by atoms with Crippen LogP contribution in [-0.4, -0.2) is 49.5 Å². The van der Waals surface area contributed by atoms with E-state index in [1.54, 1.807) is 6.33 Å². The van der Waals surface area contributed by atoms with E-state index in [9.17, 15) is 0 Å². The van der Waals surface area contributed by atoms with Gasteiger partial charge in [-0.1, -0.05) is 20.8 Å². The van der Waals surface area contributed by atoms with Crippen LogP contribution in [0.5, 0.6) is 0 Å². The fraction of sp³-hybridized carbons (Fsp3) is 0.737. The number of rotatable bonds is 3. The molecule has 8 heteroatoms. The van der Waals surface area contributed by atoms with Crippen molar-refractivity contribution in [1.29, 1.82) is 0 Å². The molecule has 2 aliphatic rings. The highest BCUT2D eigenvalue weighted by Crippen LogP contribution is 2.52. The van der Waals surface area contributed by atoms with Gasteiger partial charge in [-0.2, -0.15) is 0 Å². The van der Waals surface area contributed by atoms with Gasteiger partial charge in [-0.3, -0.25) is 4.57 Å². The molecule has 0 amide bonds. The molecule has 27 heavy (non-hydrogen) atoms. The van der Waals surface area contributed by atoms with E-state index in [4.69, 9.17) is 19.9 Å². The van der Waals surface area contributed by atoms with Crippen molar-refractivity contribution < 1.29 is 14.2 Å². The summed E-state index contributed by atoms with van der Waals surface area (Å²) in [7, 11) is 0. The minimum absolute atomic E-state index is 0.0657. The molecular weight excluding hydrogens is 346 g/mol. The Morgan fingerprint density at radius 1 is 1.22 bits per heavy atom. The molecule has 4 heterocycles. The summed E-state index contributed by atoms with van der Waals surface area (Å²) < 4.78 is 21.2. The molecule has 2 aliphatic heterocycles. The van der Waals surface area contributed by atoms with Crippen LogP contribution < -0.4 is 5.73 Å². The quantitative estimate of drug-likeness (QED) is 0.881. The summed E-state index contributed by atoms with van der Waals surface area (Å²) >= 11 is 0. The van der Waals surface area contributed by atoms with Gasteiger partial charge in [0.05, 0.1) is 18.5 Å². The van der Waals surface area contributed by atoms with Gasteiger partial charge in [0.2, 0.25) is 0 Å². The van der Waals surface area contributed by atoms with Gasteiger partial charge in [0.1, 0.15) is 29.7 Å². The van der Waals surface area contributed by atoms with E-state index < -0.39 is 5.60 Å². The number of aromatic nitrogens is 4. The number of fused-ring (bicyclic) bond motifs is 3. The number of anilines is 1. The van der Waals surface area contributed by atoms with Crippen LogP contribution in [0.2, 0.25) is 0 Å². The van der Waals surface area contributed by atoms with Crippen molar-refractivity contribution >= 4 is 17.0 Å². The van der Waals surface area contributed by atoms with E-state index in [-0.39, 0.29) is 29.5 Å². The van der Waals surface area contributed by atoms with Crippen molar-refractivity contribution in [3.63, 3.8) is 0 Å². The Labute approximate surface area is 159 Å². The third kappa shape index (κ3) is 3.19. The van der Waals surface area contributed by atoms with Gasteiger partial charge in [-0.15, -0.1) is 0 Å². The topological polar surface area (TPSA) is 97.3 Å². The standard InChI is InChI=1S/C19H29N5O3/c1-17(2,3)7-19-8-25-12(13(19)26-18(4,5)6)16(27-19)24-10-23-11-14(20)21-9-22-15(11)24/h9-10,12-13,16H,7-8H2,1-6H3,(H2,20,21,22)/t12-,13+,16-,19+/m1/s1. The number of ether oxygens (including phenoxy) is 3. The molecule has 0 radical (unpaired) electrons. The van der Waals surface area contributed by atoms with Gasteiger partial charge in [-0.05, 0) is 32.6 Å². The van der Waals surface area contributed by atoms with Crippen molar-refractivity contribution in [1.82, 2.24) is 19.5 Å². The molecule has 2 saturated heterocycles. The monoisotopic (exact) mass is 375 g/mol. The molecule has 4 rings (SSSR count). The number of nitrogen functional groups attached to an aromatic ring is 1. The molecule has 2 aromatic rings. The minimum Gasteiger partial charge on any atom is -0.382 e. The zero-order valence-electron chi connectivity index (χ0n) is 16.9. The number of hydrogen-bond acceptors (Lipinski definition) is 7. The lowest BCUT2D eigenvalue weighted by molar-refractivity contribution is -0.187. The predicted molar refractivity (Wildman–Crippen MR) is 101 cm³/mol.